The predicted molar refractivity (Wildman–Crippen MR) is 372 cm³/mol. The molecular weight excluding hydrogens is 1100 g/mol. The Hall–Kier alpha value is -10.7. The standard InChI is InChI=1S/C82H70N8/c1-79(2,3)56-28-36-72-66(42-56)67-43-57(80(4,5)6)29-37-73(67)89(72)61-32-34-64(53-20-16-18-50(40-53)48-83)70(46-61)77-86-76(52-26-24-51(25-27-52)63-23-15-14-19-55(63)49-84)87-78(88-77)71-47-62(33-35-65(71)54-21-17-22-60(41-54)85-13)90-74-38-30-58(81(7,8)9)44-68(74)69-45-59(82(10,11)12)31-39-75(69)90/h14-47H,1-12H3. The van der Waals surface area contributed by atoms with Gasteiger partial charge in [0.15, 0.2) is 23.2 Å². The Balaban J connectivity index is 1.12. The van der Waals surface area contributed by atoms with Crippen molar-refractivity contribution in [3.8, 4) is 91.1 Å². The van der Waals surface area contributed by atoms with Gasteiger partial charge in [-0.1, -0.05) is 192 Å². The molecule has 0 saturated carbocycles. The maximum Gasteiger partial charge on any atom is 0.187 e. The van der Waals surface area contributed by atoms with Crippen molar-refractivity contribution >= 4 is 49.3 Å². The highest BCUT2D eigenvalue weighted by Gasteiger charge is 2.27. The first-order chi connectivity index (χ1) is 43.0. The monoisotopic (exact) mass is 1170 g/mol. The molecule has 3 heterocycles. The Morgan fingerprint density at radius 3 is 1.18 bits per heavy atom. The number of benzene rings is 10. The van der Waals surface area contributed by atoms with Gasteiger partial charge in [0.1, 0.15) is 0 Å². The van der Waals surface area contributed by atoms with Gasteiger partial charge in [0, 0.05) is 49.6 Å². The molecule has 0 saturated heterocycles. The van der Waals surface area contributed by atoms with Crippen LogP contribution in [0.4, 0.5) is 5.69 Å². The fourth-order valence-corrected chi connectivity index (χ4v) is 12.6. The zero-order valence-corrected chi connectivity index (χ0v) is 53.2. The third-order valence-electron chi connectivity index (χ3n) is 17.7. The molecule has 0 amide bonds. The Bertz CT molecular complexity index is 4780. The minimum Gasteiger partial charge on any atom is -0.309 e. The van der Waals surface area contributed by atoms with Crippen molar-refractivity contribution in [3.63, 3.8) is 0 Å². The fourth-order valence-electron chi connectivity index (χ4n) is 12.6. The van der Waals surface area contributed by atoms with Crippen LogP contribution in [0.1, 0.15) is 116 Å². The van der Waals surface area contributed by atoms with Crippen LogP contribution in [-0.2, 0) is 21.7 Å². The summed E-state index contributed by atoms with van der Waals surface area (Å²) in [5.74, 6) is 1.28. The van der Waals surface area contributed by atoms with Gasteiger partial charge >= 0.3 is 0 Å². The van der Waals surface area contributed by atoms with Gasteiger partial charge in [-0.3, -0.25) is 0 Å². The summed E-state index contributed by atoms with van der Waals surface area (Å²) >= 11 is 0. The van der Waals surface area contributed by atoms with E-state index in [9.17, 15) is 10.5 Å². The van der Waals surface area contributed by atoms with E-state index in [4.69, 9.17) is 21.5 Å². The summed E-state index contributed by atoms with van der Waals surface area (Å²) in [5, 5.41) is 25.2. The second-order valence-electron chi connectivity index (χ2n) is 28.0. The normalized spacial score (nSPS) is 12.2. The van der Waals surface area contributed by atoms with Crippen molar-refractivity contribution in [1.82, 2.24) is 24.1 Å². The fraction of sp³-hybridized carbons (Fsp3) is 0.195. The molecule has 0 aliphatic rings. The van der Waals surface area contributed by atoms with Crippen LogP contribution in [0.15, 0.2) is 206 Å². The highest BCUT2D eigenvalue weighted by atomic mass is 15.0. The van der Waals surface area contributed by atoms with Crippen LogP contribution in [0.5, 0.6) is 0 Å². The summed E-state index contributed by atoms with van der Waals surface area (Å²) in [4.78, 5) is 20.7. The van der Waals surface area contributed by atoms with Crippen LogP contribution in [0.2, 0.25) is 0 Å². The van der Waals surface area contributed by atoms with Gasteiger partial charge in [-0.2, -0.15) is 10.5 Å². The number of rotatable bonds is 8. The van der Waals surface area contributed by atoms with E-state index < -0.39 is 0 Å². The lowest BCUT2D eigenvalue weighted by Crippen LogP contribution is -2.10. The lowest BCUT2D eigenvalue weighted by Gasteiger charge is -2.19. The van der Waals surface area contributed by atoms with E-state index in [-0.39, 0.29) is 21.7 Å². The summed E-state index contributed by atoms with van der Waals surface area (Å²) in [6, 6.07) is 76.4. The van der Waals surface area contributed by atoms with Gasteiger partial charge in [0.2, 0.25) is 0 Å². The Morgan fingerprint density at radius 1 is 0.344 bits per heavy atom. The van der Waals surface area contributed by atoms with Crippen LogP contribution in [0.25, 0.3) is 127 Å². The summed E-state index contributed by atoms with van der Waals surface area (Å²) < 4.78 is 4.72. The van der Waals surface area contributed by atoms with Crippen LogP contribution in [0.3, 0.4) is 0 Å². The van der Waals surface area contributed by atoms with Crippen molar-refractivity contribution in [1.29, 1.82) is 10.5 Å². The summed E-state index contributed by atoms with van der Waals surface area (Å²) in [6.45, 7) is 35.3. The van der Waals surface area contributed by atoms with Gasteiger partial charge in [-0.15, -0.1) is 0 Å². The second kappa shape index (κ2) is 21.8. The van der Waals surface area contributed by atoms with Crippen molar-refractivity contribution in [2.24, 2.45) is 0 Å². The van der Waals surface area contributed by atoms with Gasteiger partial charge in [0.05, 0.1) is 51.9 Å². The topological polar surface area (TPSA) is 100 Å². The van der Waals surface area contributed by atoms with Crippen molar-refractivity contribution < 1.29 is 0 Å². The second-order valence-corrected chi connectivity index (χ2v) is 28.0. The molecule has 0 aliphatic heterocycles. The molecule has 0 bridgehead atoms. The SMILES string of the molecule is [C-]#[N+]c1cccc(-c2ccc(-n3c4ccc(C(C)(C)C)cc4c4cc(C(C)(C)C)ccc43)cc2-c2nc(-c3ccc(-c4ccccc4C#N)cc3)nc(-c3cc(-n4c5ccc(C(C)(C)C)cc5c5cc(C(C)(C)C)ccc54)ccc3-c3cccc(C#N)c3)n2)c1. The van der Waals surface area contributed by atoms with Gasteiger partial charge in [-0.05, 0) is 174 Å². The molecule has 90 heavy (non-hydrogen) atoms. The van der Waals surface area contributed by atoms with Crippen molar-refractivity contribution in [2.75, 3.05) is 0 Å². The predicted octanol–water partition coefficient (Wildman–Crippen LogP) is 21.6. The van der Waals surface area contributed by atoms with Crippen LogP contribution in [0, 0.1) is 29.2 Å². The molecule has 8 nitrogen and oxygen atoms in total. The number of nitrogens with zero attached hydrogens (tertiary/aromatic N) is 8. The number of aromatic nitrogens is 5. The Morgan fingerprint density at radius 2 is 0.756 bits per heavy atom. The molecule has 0 unspecified atom stereocenters. The minimum atomic E-state index is -0.0819. The van der Waals surface area contributed by atoms with E-state index in [1.54, 1.807) is 0 Å². The molecule has 0 atom stereocenters. The molecule has 0 spiro atoms. The number of hydrogen-bond acceptors (Lipinski definition) is 5. The van der Waals surface area contributed by atoms with E-state index in [0.717, 1.165) is 83.5 Å². The molecule has 0 fully saturated rings. The molecule has 0 N–H and O–H groups in total. The van der Waals surface area contributed by atoms with Gasteiger partial charge in [0.25, 0.3) is 0 Å². The number of fused-ring (bicyclic) bond motifs is 6. The first kappa shape index (κ1) is 58.3. The molecular formula is C82H70N8. The average molecular weight is 1170 g/mol. The van der Waals surface area contributed by atoms with Crippen LogP contribution >= 0.6 is 0 Å². The molecule has 3 aromatic heterocycles. The molecule has 0 radical (unpaired) electrons. The maximum absolute atomic E-state index is 10.4. The number of nitriles is 2. The highest BCUT2D eigenvalue weighted by Crippen LogP contribution is 2.44. The smallest absolute Gasteiger partial charge is 0.187 e. The molecule has 438 valence electrons. The Kier molecular flexibility index (Phi) is 14.2. The minimum absolute atomic E-state index is 0.0812. The van der Waals surface area contributed by atoms with E-state index in [0.29, 0.717) is 34.3 Å². The molecule has 13 rings (SSSR count). The quantitative estimate of drug-likeness (QED) is 0.141. The zero-order valence-electron chi connectivity index (χ0n) is 53.2. The van der Waals surface area contributed by atoms with E-state index in [1.165, 1.54) is 43.8 Å². The highest BCUT2D eigenvalue weighted by molar-refractivity contribution is 6.11. The largest absolute Gasteiger partial charge is 0.309 e. The van der Waals surface area contributed by atoms with Crippen molar-refractivity contribution in [2.45, 2.75) is 105 Å². The van der Waals surface area contributed by atoms with Crippen LogP contribution in [-0.4, -0.2) is 24.1 Å². The zero-order chi connectivity index (χ0) is 63.2. The van der Waals surface area contributed by atoms with Gasteiger partial charge < -0.3 is 9.13 Å². The molecule has 10 aromatic carbocycles. The van der Waals surface area contributed by atoms with E-state index in [2.05, 4.69) is 218 Å². The summed E-state index contributed by atoms with van der Waals surface area (Å²) in [6.07, 6.45) is 0. The van der Waals surface area contributed by atoms with E-state index >= 15 is 0 Å². The third kappa shape index (κ3) is 10.6. The molecule has 13 aromatic rings. The first-order valence-corrected chi connectivity index (χ1v) is 30.8. The molecule has 8 heteroatoms. The lowest BCUT2D eigenvalue weighted by atomic mass is 9.85. The first-order valence-electron chi connectivity index (χ1n) is 30.8. The van der Waals surface area contributed by atoms with E-state index in [1.807, 2.05) is 97.1 Å². The molecule has 0 aliphatic carbocycles. The van der Waals surface area contributed by atoms with Gasteiger partial charge in [-0.25, -0.2) is 19.8 Å². The number of hydrogen-bond donors (Lipinski definition) is 0. The lowest BCUT2D eigenvalue weighted by molar-refractivity contribution is 0.590. The average Bonchev–Trinajstić information content (AvgIpc) is 1.19. The summed E-state index contributed by atoms with van der Waals surface area (Å²) in [7, 11) is 0. The summed E-state index contributed by atoms with van der Waals surface area (Å²) in [5.41, 5.74) is 19.7. The van der Waals surface area contributed by atoms with Crippen LogP contribution < -0.4 is 0 Å². The Labute approximate surface area is 527 Å². The maximum atomic E-state index is 10.4. The van der Waals surface area contributed by atoms with Crippen molar-refractivity contribution in [3.05, 3.63) is 251 Å². The third-order valence-corrected chi connectivity index (χ3v) is 17.7.